The van der Waals surface area contributed by atoms with Crippen LogP contribution >= 0.6 is 0 Å². The first kappa shape index (κ1) is 30.7. The standard InChI is InChI=1S/C52H36N2/c1-3-15-35(16-4-1)51-43-29-27-42(54-49-25-13-9-21-39(49)32-40-22-10-14-26-50(40)54)34-46(43)52(36-17-5-2-6-18-36)44-30-28-41(33-45(44)51)53-47-23-11-7-19-37(47)31-38-20-8-12-24-48(38)53/h1-30,33-34H,31-32H2. The maximum absolute atomic E-state index is 2.46. The summed E-state index contributed by atoms with van der Waals surface area (Å²) in [7, 11) is 0. The Balaban J connectivity index is 1.22. The van der Waals surface area contributed by atoms with Crippen LogP contribution in [-0.2, 0) is 12.8 Å². The van der Waals surface area contributed by atoms with Crippen LogP contribution in [0.1, 0.15) is 22.3 Å². The average Bonchev–Trinajstić information content (AvgIpc) is 3.24. The molecule has 0 atom stereocenters. The summed E-state index contributed by atoms with van der Waals surface area (Å²) in [6.07, 6.45) is 1.87. The molecular weight excluding hydrogens is 653 g/mol. The van der Waals surface area contributed by atoms with Crippen LogP contribution in [-0.4, -0.2) is 0 Å². The van der Waals surface area contributed by atoms with Gasteiger partial charge in [0.15, 0.2) is 0 Å². The molecule has 0 aromatic heterocycles. The summed E-state index contributed by atoms with van der Waals surface area (Å²) in [5.41, 5.74) is 17.6. The van der Waals surface area contributed by atoms with Crippen molar-refractivity contribution in [3.63, 3.8) is 0 Å². The van der Waals surface area contributed by atoms with Crippen molar-refractivity contribution < 1.29 is 0 Å². The van der Waals surface area contributed by atoms with E-state index in [0.29, 0.717) is 0 Å². The van der Waals surface area contributed by atoms with E-state index in [1.807, 2.05) is 0 Å². The lowest BCUT2D eigenvalue weighted by Gasteiger charge is -2.34. The Labute approximate surface area is 315 Å². The summed E-state index contributed by atoms with van der Waals surface area (Å²) in [5.74, 6) is 0. The minimum atomic E-state index is 0.933. The van der Waals surface area contributed by atoms with Crippen molar-refractivity contribution in [3.8, 4) is 22.3 Å². The summed E-state index contributed by atoms with van der Waals surface area (Å²) in [6.45, 7) is 0. The first-order valence-corrected chi connectivity index (χ1v) is 18.9. The van der Waals surface area contributed by atoms with Gasteiger partial charge in [-0.15, -0.1) is 0 Å². The molecule has 0 amide bonds. The largest absolute Gasteiger partial charge is 0.310 e. The lowest BCUT2D eigenvalue weighted by atomic mass is 9.85. The van der Waals surface area contributed by atoms with E-state index in [2.05, 4.69) is 204 Å². The Kier molecular flexibility index (Phi) is 7.03. The second-order valence-corrected chi connectivity index (χ2v) is 14.5. The zero-order valence-corrected chi connectivity index (χ0v) is 29.8. The summed E-state index contributed by atoms with van der Waals surface area (Å²) in [5, 5.41) is 4.97. The van der Waals surface area contributed by atoms with Gasteiger partial charge < -0.3 is 9.80 Å². The molecule has 0 radical (unpaired) electrons. The number of para-hydroxylation sites is 4. The van der Waals surface area contributed by atoms with Crippen molar-refractivity contribution in [2.45, 2.75) is 12.8 Å². The maximum Gasteiger partial charge on any atom is 0.0497 e. The van der Waals surface area contributed by atoms with E-state index in [9.17, 15) is 0 Å². The molecule has 0 spiro atoms. The fourth-order valence-electron chi connectivity index (χ4n) is 9.05. The van der Waals surface area contributed by atoms with Crippen LogP contribution in [0.5, 0.6) is 0 Å². The van der Waals surface area contributed by atoms with Gasteiger partial charge in [0.1, 0.15) is 0 Å². The fraction of sp³-hybridized carbons (Fsp3) is 0.0385. The van der Waals surface area contributed by atoms with Crippen LogP contribution in [0.4, 0.5) is 34.1 Å². The molecule has 0 bridgehead atoms. The van der Waals surface area contributed by atoms with Gasteiger partial charge in [-0.3, -0.25) is 0 Å². The van der Waals surface area contributed by atoms with Gasteiger partial charge in [0.05, 0.1) is 0 Å². The van der Waals surface area contributed by atoms with E-state index in [4.69, 9.17) is 0 Å². The first-order valence-electron chi connectivity index (χ1n) is 18.9. The Morgan fingerprint density at radius 2 is 0.593 bits per heavy atom. The van der Waals surface area contributed by atoms with Crippen molar-refractivity contribution in [1.29, 1.82) is 0 Å². The average molecular weight is 689 g/mol. The van der Waals surface area contributed by atoms with Crippen molar-refractivity contribution in [3.05, 3.63) is 216 Å². The highest BCUT2D eigenvalue weighted by Gasteiger charge is 2.27. The number of hydrogen-bond acceptors (Lipinski definition) is 2. The van der Waals surface area contributed by atoms with Crippen molar-refractivity contribution in [2.24, 2.45) is 0 Å². The van der Waals surface area contributed by atoms with Crippen LogP contribution < -0.4 is 9.80 Å². The number of nitrogens with zero attached hydrogens (tertiary/aromatic N) is 2. The normalized spacial score (nSPS) is 13.0. The molecule has 9 aromatic rings. The SMILES string of the molecule is c1ccc(-c2c3ccc(N4c5ccccc5Cc5ccccc54)cc3c(-c3ccccc3)c3ccc(N4c5ccccc5Cc5ccccc54)cc23)cc1. The molecule has 11 rings (SSSR count). The van der Waals surface area contributed by atoms with E-state index in [1.165, 1.54) is 88.8 Å². The van der Waals surface area contributed by atoms with E-state index in [1.54, 1.807) is 0 Å². The highest BCUT2D eigenvalue weighted by Crippen LogP contribution is 2.51. The van der Waals surface area contributed by atoms with Crippen molar-refractivity contribution in [2.75, 3.05) is 9.80 Å². The number of rotatable bonds is 4. The highest BCUT2D eigenvalue weighted by atomic mass is 15.2. The Bertz CT molecular complexity index is 2600. The second-order valence-electron chi connectivity index (χ2n) is 14.5. The maximum atomic E-state index is 2.46. The van der Waals surface area contributed by atoms with Gasteiger partial charge in [-0.1, -0.05) is 146 Å². The first-order chi connectivity index (χ1) is 26.8. The zero-order chi connectivity index (χ0) is 35.6. The Morgan fingerprint density at radius 3 is 0.944 bits per heavy atom. The molecule has 2 aliphatic rings. The summed E-state index contributed by atoms with van der Waals surface area (Å²) in [6, 6.07) is 71.6. The van der Waals surface area contributed by atoms with Gasteiger partial charge in [0, 0.05) is 47.0 Å². The monoisotopic (exact) mass is 688 g/mol. The van der Waals surface area contributed by atoms with Gasteiger partial charge in [-0.05, 0) is 115 Å². The third-order valence-corrected chi connectivity index (χ3v) is 11.4. The number of fused-ring (bicyclic) bond motifs is 6. The third-order valence-electron chi connectivity index (χ3n) is 11.4. The van der Waals surface area contributed by atoms with Crippen molar-refractivity contribution >= 4 is 55.7 Å². The van der Waals surface area contributed by atoms with E-state index in [0.717, 1.165) is 24.2 Å². The van der Waals surface area contributed by atoms with Gasteiger partial charge >= 0.3 is 0 Å². The van der Waals surface area contributed by atoms with Crippen molar-refractivity contribution in [1.82, 2.24) is 0 Å². The predicted octanol–water partition coefficient (Wildman–Crippen LogP) is 14.1. The molecule has 2 heteroatoms. The lowest BCUT2D eigenvalue weighted by molar-refractivity contribution is 1.09. The molecule has 2 nitrogen and oxygen atoms in total. The van der Waals surface area contributed by atoms with Crippen LogP contribution in [0, 0.1) is 0 Å². The minimum absolute atomic E-state index is 0.933. The molecule has 0 saturated heterocycles. The summed E-state index contributed by atoms with van der Waals surface area (Å²) >= 11 is 0. The smallest absolute Gasteiger partial charge is 0.0497 e. The van der Waals surface area contributed by atoms with Gasteiger partial charge in [-0.2, -0.15) is 0 Å². The van der Waals surface area contributed by atoms with Crippen LogP contribution in [0.3, 0.4) is 0 Å². The van der Waals surface area contributed by atoms with Crippen LogP contribution in [0.25, 0.3) is 43.8 Å². The molecule has 0 aliphatic carbocycles. The topological polar surface area (TPSA) is 6.48 Å². The predicted molar refractivity (Wildman–Crippen MR) is 227 cm³/mol. The van der Waals surface area contributed by atoms with Crippen LogP contribution in [0.2, 0.25) is 0 Å². The number of hydrogen-bond donors (Lipinski definition) is 0. The number of anilines is 6. The van der Waals surface area contributed by atoms with Gasteiger partial charge in [-0.25, -0.2) is 0 Å². The molecule has 254 valence electrons. The Hall–Kier alpha value is -6.90. The molecule has 2 heterocycles. The minimum Gasteiger partial charge on any atom is -0.310 e. The molecule has 2 aliphatic heterocycles. The summed E-state index contributed by atoms with van der Waals surface area (Å²) < 4.78 is 0. The van der Waals surface area contributed by atoms with Gasteiger partial charge in [0.2, 0.25) is 0 Å². The zero-order valence-electron chi connectivity index (χ0n) is 29.8. The molecule has 0 N–H and O–H groups in total. The molecule has 9 aromatic carbocycles. The fourth-order valence-corrected chi connectivity index (χ4v) is 9.05. The van der Waals surface area contributed by atoms with Crippen LogP contribution in [0.15, 0.2) is 194 Å². The van der Waals surface area contributed by atoms with E-state index >= 15 is 0 Å². The van der Waals surface area contributed by atoms with E-state index in [-0.39, 0.29) is 0 Å². The summed E-state index contributed by atoms with van der Waals surface area (Å²) in [4.78, 5) is 4.92. The molecule has 0 fully saturated rings. The molecule has 54 heavy (non-hydrogen) atoms. The quantitative estimate of drug-likeness (QED) is 0.170. The Morgan fingerprint density at radius 1 is 0.278 bits per heavy atom. The molecular formula is C52H36N2. The highest BCUT2D eigenvalue weighted by molar-refractivity contribution is 6.22. The molecule has 0 unspecified atom stereocenters. The lowest BCUT2D eigenvalue weighted by Crippen LogP contribution is -2.18. The number of benzene rings is 9. The van der Waals surface area contributed by atoms with Gasteiger partial charge in [0.25, 0.3) is 0 Å². The van der Waals surface area contributed by atoms with E-state index < -0.39 is 0 Å². The second kappa shape index (κ2) is 12.4. The molecule has 0 saturated carbocycles. The third kappa shape index (κ3) is 4.81.